The molecule has 0 spiro atoms. The molecule has 3 aromatic rings. The summed E-state index contributed by atoms with van der Waals surface area (Å²) in [5.41, 5.74) is 1.85. The molecule has 0 saturated carbocycles. The van der Waals surface area contributed by atoms with Crippen molar-refractivity contribution in [2.75, 3.05) is 48.9 Å². The van der Waals surface area contributed by atoms with E-state index < -0.39 is 5.54 Å². The Bertz CT molecular complexity index is 1310. The molecule has 5 rings (SSSR count). The standard InChI is InChI=1S/C30H35N5O3S2/c1-33(2)24-12-10-23(11-13-24)31-28(37)30(14-17-40-18-15-30)35(19-25-9-6-16-38-25)27(36)21-34-20-26(32-29(34)39)22-7-4-3-5-8-22/h3-13,16,26H,14-15,17-21H2,1-2H3,(H,31,37)(H,32,39)/t26-/m1/s1. The van der Waals surface area contributed by atoms with Gasteiger partial charge in [0.1, 0.15) is 11.3 Å². The number of nitrogens with one attached hydrogen (secondary N) is 2. The lowest BCUT2D eigenvalue weighted by Crippen LogP contribution is -2.61. The number of hydrogen-bond donors (Lipinski definition) is 2. The van der Waals surface area contributed by atoms with Gasteiger partial charge in [-0.3, -0.25) is 9.59 Å². The molecule has 3 heterocycles. The minimum atomic E-state index is -1.01. The van der Waals surface area contributed by atoms with Crippen molar-refractivity contribution in [3.8, 4) is 0 Å². The summed E-state index contributed by atoms with van der Waals surface area (Å²) in [4.78, 5) is 33.9. The molecule has 10 heteroatoms. The highest BCUT2D eigenvalue weighted by molar-refractivity contribution is 7.99. The van der Waals surface area contributed by atoms with E-state index in [0.717, 1.165) is 22.8 Å². The lowest BCUT2D eigenvalue weighted by atomic mass is 9.88. The van der Waals surface area contributed by atoms with E-state index in [0.29, 0.717) is 35.9 Å². The van der Waals surface area contributed by atoms with Crippen LogP contribution in [0.15, 0.2) is 77.4 Å². The van der Waals surface area contributed by atoms with Crippen LogP contribution in [-0.2, 0) is 16.1 Å². The van der Waals surface area contributed by atoms with Crippen molar-refractivity contribution in [2.45, 2.75) is 31.0 Å². The normalized spacial score (nSPS) is 18.2. The number of carbonyl (C=O) groups excluding carboxylic acids is 2. The second-order valence-electron chi connectivity index (χ2n) is 10.4. The quantitative estimate of drug-likeness (QED) is 0.360. The number of thiocarbonyl (C=S) groups is 1. The minimum absolute atomic E-state index is 0.00787. The Morgan fingerprint density at radius 3 is 2.45 bits per heavy atom. The van der Waals surface area contributed by atoms with Crippen molar-refractivity contribution >= 4 is 52.3 Å². The van der Waals surface area contributed by atoms with Crippen molar-refractivity contribution in [1.82, 2.24) is 15.1 Å². The fraction of sp³-hybridized carbons (Fsp3) is 0.367. The molecule has 2 aliphatic heterocycles. The van der Waals surface area contributed by atoms with Gasteiger partial charge in [0.15, 0.2) is 5.11 Å². The molecule has 2 aromatic carbocycles. The summed E-state index contributed by atoms with van der Waals surface area (Å²) >= 11 is 7.44. The Morgan fingerprint density at radius 2 is 1.80 bits per heavy atom. The predicted octanol–water partition coefficient (Wildman–Crippen LogP) is 4.51. The van der Waals surface area contributed by atoms with Crippen LogP contribution in [0.25, 0.3) is 0 Å². The summed E-state index contributed by atoms with van der Waals surface area (Å²) in [6.07, 6.45) is 2.71. The molecule has 1 atom stereocenters. The summed E-state index contributed by atoms with van der Waals surface area (Å²) in [7, 11) is 3.95. The van der Waals surface area contributed by atoms with E-state index in [1.54, 1.807) is 29.0 Å². The van der Waals surface area contributed by atoms with E-state index in [9.17, 15) is 9.59 Å². The van der Waals surface area contributed by atoms with Gasteiger partial charge in [-0.05, 0) is 78.5 Å². The molecule has 8 nitrogen and oxygen atoms in total. The number of furan rings is 1. The van der Waals surface area contributed by atoms with Crippen LogP contribution >= 0.6 is 24.0 Å². The number of thioether (sulfide) groups is 1. The summed E-state index contributed by atoms with van der Waals surface area (Å²) in [6.45, 7) is 0.867. The molecule has 2 saturated heterocycles. The van der Waals surface area contributed by atoms with Gasteiger partial charge in [-0.1, -0.05) is 30.3 Å². The summed E-state index contributed by atoms with van der Waals surface area (Å²) in [5.74, 6) is 1.89. The van der Waals surface area contributed by atoms with E-state index >= 15 is 0 Å². The Hall–Kier alpha value is -3.50. The maximum atomic E-state index is 14.2. The first-order valence-electron chi connectivity index (χ1n) is 13.5. The molecule has 0 unspecified atom stereocenters. The van der Waals surface area contributed by atoms with Crippen LogP contribution in [0.4, 0.5) is 11.4 Å². The highest BCUT2D eigenvalue weighted by Gasteiger charge is 2.48. The maximum absolute atomic E-state index is 14.2. The van der Waals surface area contributed by atoms with Gasteiger partial charge in [-0.25, -0.2) is 0 Å². The van der Waals surface area contributed by atoms with E-state index in [1.807, 2.05) is 72.4 Å². The third kappa shape index (κ3) is 6.13. The van der Waals surface area contributed by atoms with Crippen molar-refractivity contribution in [3.63, 3.8) is 0 Å². The van der Waals surface area contributed by atoms with Crippen LogP contribution in [0.2, 0.25) is 0 Å². The number of anilines is 2. The maximum Gasteiger partial charge on any atom is 0.250 e. The molecule has 2 N–H and O–H groups in total. The molecule has 40 heavy (non-hydrogen) atoms. The fourth-order valence-electron chi connectivity index (χ4n) is 5.30. The zero-order chi connectivity index (χ0) is 28.1. The molecule has 0 bridgehead atoms. The first-order chi connectivity index (χ1) is 19.4. The highest BCUT2D eigenvalue weighted by atomic mass is 32.2. The van der Waals surface area contributed by atoms with E-state index in [1.165, 1.54) is 0 Å². The molecule has 1 aromatic heterocycles. The smallest absolute Gasteiger partial charge is 0.250 e. The largest absolute Gasteiger partial charge is 0.467 e. The molecule has 2 fully saturated rings. The Labute approximate surface area is 245 Å². The van der Waals surface area contributed by atoms with E-state index in [4.69, 9.17) is 16.6 Å². The van der Waals surface area contributed by atoms with Crippen LogP contribution in [-0.4, -0.2) is 71.0 Å². The van der Waals surface area contributed by atoms with Crippen LogP contribution in [0.1, 0.15) is 30.2 Å². The van der Waals surface area contributed by atoms with Gasteiger partial charge in [0.2, 0.25) is 11.8 Å². The predicted molar refractivity (Wildman–Crippen MR) is 164 cm³/mol. The Kier molecular flexibility index (Phi) is 8.66. The van der Waals surface area contributed by atoms with Crippen molar-refractivity contribution in [2.24, 2.45) is 0 Å². The SMILES string of the molecule is CN(C)c1ccc(NC(=O)C2(N(Cc3ccco3)C(=O)CN3C[C@H](c4ccccc4)NC3=S)CCSCC2)cc1. The van der Waals surface area contributed by atoms with Crippen LogP contribution in [0, 0.1) is 0 Å². The van der Waals surface area contributed by atoms with Crippen molar-refractivity contribution in [1.29, 1.82) is 0 Å². The van der Waals surface area contributed by atoms with Gasteiger partial charge in [-0.2, -0.15) is 11.8 Å². The number of hydrogen-bond acceptors (Lipinski definition) is 6. The zero-order valence-corrected chi connectivity index (χ0v) is 24.5. The minimum Gasteiger partial charge on any atom is -0.467 e. The first kappa shape index (κ1) is 28.0. The van der Waals surface area contributed by atoms with Gasteiger partial charge in [0.25, 0.3) is 0 Å². The van der Waals surface area contributed by atoms with Crippen LogP contribution < -0.4 is 15.5 Å². The van der Waals surface area contributed by atoms with Crippen LogP contribution in [0.3, 0.4) is 0 Å². The third-order valence-electron chi connectivity index (χ3n) is 7.61. The molecule has 2 aliphatic rings. The number of benzene rings is 2. The van der Waals surface area contributed by atoms with Crippen molar-refractivity contribution < 1.29 is 14.0 Å². The molecule has 210 valence electrons. The average Bonchev–Trinajstić information content (AvgIpc) is 3.62. The van der Waals surface area contributed by atoms with Gasteiger partial charge < -0.3 is 29.8 Å². The van der Waals surface area contributed by atoms with Gasteiger partial charge >= 0.3 is 0 Å². The molecular formula is C30H35N5O3S2. The fourth-order valence-corrected chi connectivity index (χ4v) is 6.75. The monoisotopic (exact) mass is 577 g/mol. The average molecular weight is 578 g/mol. The summed E-state index contributed by atoms with van der Waals surface area (Å²) in [5, 5.41) is 7.01. The van der Waals surface area contributed by atoms with E-state index in [2.05, 4.69) is 22.8 Å². The van der Waals surface area contributed by atoms with Gasteiger partial charge in [-0.15, -0.1) is 0 Å². The van der Waals surface area contributed by atoms with Crippen molar-refractivity contribution in [3.05, 3.63) is 84.3 Å². The summed E-state index contributed by atoms with van der Waals surface area (Å²) in [6, 6.07) is 21.5. The Balaban J connectivity index is 1.40. The Morgan fingerprint density at radius 1 is 1.07 bits per heavy atom. The second-order valence-corrected chi connectivity index (χ2v) is 12.0. The molecule has 2 amide bonds. The van der Waals surface area contributed by atoms with E-state index in [-0.39, 0.29) is 30.9 Å². The van der Waals surface area contributed by atoms with Crippen LogP contribution in [0.5, 0.6) is 0 Å². The molecule has 0 aliphatic carbocycles. The number of nitrogens with zero attached hydrogens (tertiary/aromatic N) is 3. The topological polar surface area (TPSA) is 81.1 Å². The molecule has 0 radical (unpaired) electrons. The summed E-state index contributed by atoms with van der Waals surface area (Å²) < 4.78 is 5.66. The number of carbonyl (C=O) groups is 2. The van der Waals surface area contributed by atoms with Gasteiger partial charge in [0.05, 0.1) is 25.4 Å². The number of rotatable bonds is 9. The lowest BCUT2D eigenvalue weighted by molar-refractivity contribution is -0.147. The third-order valence-corrected chi connectivity index (χ3v) is 8.97. The molecular weight excluding hydrogens is 542 g/mol. The van der Waals surface area contributed by atoms with Gasteiger partial charge in [0, 0.05) is 32.0 Å². The number of amides is 2. The lowest BCUT2D eigenvalue weighted by Gasteiger charge is -2.45. The highest BCUT2D eigenvalue weighted by Crippen LogP contribution is 2.36. The second kappa shape index (κ2) is 12.3. The first-order valence-corrected chi connectivity index (χ1v) is 15.0. The zero-order valence-electron chi connectivity index (χ0n) is 22.8.